The Morgan fingerprint density at radius 2 is 1.82 bits per heavy atom. The molecule has 1 aliphatic carbocycles. The van der Waals surface area contributed by atoms with Crippen molar-refractivity contribution in [1.29, 1.82) is 0 Å². The van der Waals surface area contributed by atoms with Crippen LogP contribution in [0.3, 0.4) is 0 Å². The number of halogens is 1. The molecule has 3 heteroatoms. The van der Waals surface area contributed by atoms with Crippen molar-refractivity contribution in [3.8, 4) is 5.75 Å². The van der Waals surface area contributed by atoms with E-state index in [2.05, 4.69) is 0 Å². The number of fused-ring (bicyclic) bond motifs is 1. The zero-order valence-corrected chi connectivity index (χ0v) is 11.1. The Bertz CT molecular complexity index is 433. The van der Waals surface area contributed by atoms with Gasteiger partial charge in [0.25, 0.3) is 0 Å². The van der Waals surface area contributed by atoms with Crippen molar-refractivity contribution in [2.75, 3.05) is 0 Å². The first-order valence-electron chi connectivity index (χ1n) is 6.17. The molecule has 0 saturated carbocycles. The van der Waals surface area contributed by atoms with Gasteiger partial charge in [0, 0.05) is 5.56 Å². The second-order valence-corrected chi connectivity index (χ2v) is 5.75. The molecule has 1 aliphatic rings. The van der Waals surface area contributed by atoms with Crippen LogP contribution in [0.1, 0.15) is 49.8 Å². The predicted octanol–water partition coefficient (Wildman–Crippen LogP) is 3.54. The monoisotopic (exact) mass is 254 g/mol. The van der Waals surface area contributed by atoms with Gasteiger partial charge in [-0.3, -0.25) is 0 Å². The summed E-state index contributed by atoms with van der Waals surface area (Å²) in [5, 5.41) is 20.7. The van der Waals surface area contributed by atoms with Crippen LogP contribution in [-0.4, -0.2) is 10.2 Å². The Hall–Kier alpha value is -0.730. The number of benzene rings is 1. The van der Waals surface area contributed by atoms with Crippen molar-refractivity contribution >= 4 is 11.6 Å². The van der Waals surface area contributed by atoms with Gasteiger partial charge >= 0.3 is 0 Å². The van der Waals surface area contributed by atoms with Crippen LogP contribution in [0.2, 0.25) is 5.02 Å². The highest BCUT2D eigenvalue weighted by Crippen LogP contribution is 2.41. The summed E-state index contributed by atoms with van der Waals surface area (Å²) < 4.78 is 0. The molecular formula is C14H19ClO2. The van der Waals surface area contributed by atoms with Crippen molar-refractivity contribution in [3.05, 3.63) is 27.8 Å². The summed E-state index contributed by atoms with van der Waals surface area (Å²) in [4.78, 5) is 0. The van der Waals surface area contributed by atoms with E-state index in [1.165, 1.54) is 12.0 Å². The lowest BCUT2D eigenvalue weighted by molar-refractivity contribution is 0.0747. The Balaban J connectivity index is 2.66. The topological polar surface area (TPSA) is 40.5 Å². The Labute approximate surface area is 107 Å². The molecule has 1 aromatic rings. The molecule has 0 heterocycles. The van der Waals surface area contributed by atoms with Crippen molar-refractivity contribution in [2.45, 2.75) is 51.6 Å². The van der Waals surface area contributed by atoms with Crippen molar-refractivity contribution in [1.82, 2.24) is 0 Å². The SMILES string of the molecule is CC(C)(O)c1c(O)c(Cl)cc2c1CCCCC2. The van der Waals surface area contributed by atoms with Gasteiger partial charge in [-0.15, -0.1) is 0 Å². The molecule has 0 bridgehead atoms. The van der Waals surface area contributed by atoms with Crippen molar-refractivity contribution in [2.24, 2.45) is 0 Å². The standard InChI is InChI=1S/C14H19ClO2/c1-14(2,17)12-10-7-5-3-4-6-9(10)8-11(15)13(12)16/h8,16-17H,3-7H2,1-2H3. The third-order valence-electron chi connectivity index (χ3n) is 3.44. The number of rotatable bonds is 1. The van der Waals surface area contributed by atoms with Gasteiger partial charge < -0.3 is 10.2 Å². The molecule has 0 unspecified atom stereocenters. The Morgan fingerprint density at radius 3 is 2.47 bits per heavy atom. The fourth-order valence-corrected chi connectivity index (χ4v) is 2.92. The second kappa shape index (κ2) is 4.51. The van der Waals surface area contributed by atoms with Crippen molar-refractivity contribution in [3.63, 3.8) is 0 Å². The van der Waals surface area contributed by atoms with Gasteiger partial charge in [-0.1, -0.05) is 18.0 Å². The van der Waals surface area contributed by atoms with Gasteiger partial charge in [0.2, 0.25) is 0 Å². The highest BCUT2D eigenvalue weighted by Gasteiger charge is 2.28. The van der Waals surface area contributed by atoms with Gasteiger partial charge in [0.05, 0.1) is 10.6 Å². The average Bonchev–Trinajstić information content (AvgIpc) is 2.42. The Morgan fingerprint density at radius 1 is 1.18 bits per heavy atom. The number of phenolic OH excluding ortho intramolecular Hbond substituents is 1. The highest BCUT2D eigenvalue weighted by atomic mass is 35.5. The smallest absolute Gasteiger partial charge is 0.140 e. The van der Waals surface area contributed by atoms with E-state index in [1.807, 2.05) is 6.07 Å². The van der Waals surface area contributed by atoms with Crippen LogP contribution in [0.15, 0.2) is 6.07 Å². The predicted molar refractivity (Wildman–Crippen MR) is 69.6 cm³/mol. The van der Waals surface area contributed by atoms with Crippen LogP contribution in [0.5, 0.6) is 5.75 Å². The number of aryl methyl sites for hydroxylation is 1. The molecule has 0 aromatic heterocycles. The molecule has 0 radical (unpaired) electrons. The van der Waals surface area contributed by atoms with E-state index in [1.54, 1.807) is 13.8 Å². The molecule has 0 fully saturated rings. The lowest BCUT2D eigenvalue weighted by Crippen LogP contribution is -2.19. The summed E-state index contributed by atoms with van der Waals surface area (Å²) >= 11 is 6.05. The van der Waals surface area contributed by atoms with Gasteiger partial charge in [-0.05, 0) is 56.7 Å². The number of hydrogen-bond donors (Lipinski definition) is 2. The molecule has 17 heavy (non-hydrogen) atoms. The zero-order valence-electron chi connectivity index (χ0n) is 10.4. The fraction of sp³-hybridized carbons (Fsp3) is 0.571. The minimum Gasteiger partial charge on any atom is -0.506 e. The molecular weight excluding hydrogens is 236 g/mol. The molecule has 0 amide bonds. The highest BCUT2D eigenvalue weighted by molar-refractivity contribution is 6.32. The molecule has 2 nitrogen and oxygen atoms in total. The van der Waals surface area contributed by atoms with E-state index in [0.717, 1.165) is 31.2 Å². The molecule has 0 saturated heterocycles. The lowest BCUT2D eigenvalue weighted by Gasteiger charge is -2.25. The fourth-order valence-electron chi connectivity index (χ4n) is 2.69. The molecule has 1 aromatic carbocycles. The second-order valence-electron chi connectivity index (χ2n) is 5.34. The maximum Gasteiger partial charge on any atom is 0.140 e. The third kappa shape index (κ3) is 2.43. The van der Waals surface area contributed by atoms with E-state index in [4.69, 9.17) is 11.6 Å². The normalized spacial score (nSPS) is 16.5. The van der Waals surface area contributed by atoms with E-state index in [-0.39, 0.29) is 5.75 Å². The number of aromatic hydroxyl groups is 1. The van der Waals surface area contributed by atoms with Gasteiger partial charge in [-0.25, -0.2) is 0 Å². The van der Waals surface area contributed by atoms with Gasteiger partial charge in [0.1, 0.15) is 5.75 Å². The van der Waals surface area contributed by atoms with Crippen LogP contribution < -0.4 is 0 Å². The van der Waals surface area contributed by atoms with Crippen LogP contribution in [0.4, 0.5) is 0 Å². The van der Waals surface area contributed by atoms with Gasteiger partial charge in [0.15, 0.2) is 0 Å². The molecule has 94 valence electrons. The molecule has 0 spiro atoms. The number of hydrogen-bond acceptors (Lipinski definition) is 2. The molecule has 2 N–H and O–H groups in total. The maximum absolute atomic E-state index is 10.2. The van der Waals surface area contributed by atoms with Crippen LogP contribution in [0.25, 0.3) is 0 Å². The summed E-state index contributed by atoms with van der Waals surface area (Å²) in [7, 11) is 0. The van der Waals surface area contributed by atoms with E-state index in [0.29, 0.717) is 10.6 Å². The van der Waals surface area contributed by atoms with Crippen LogP contribution in [0, 0.1) is 0 Å². The summed E-state index contributed by atoms with van der Waals surface area (Å²) in [6, 6.07) is 1.85. The summed E-state index contributed by atoms with van der Waals surface area (Å²) in [5.74, 6) is 0.0415. The first-order chi connectivity index (χ1) is 7.91. The molecule has 0 atom stereocenters. The first kappa shape index (κ1) is 12.7. The molecule has 2 rings (SSSR count). The zero-order chi connectivity index (χ0) is 12.6. The first-order valence-corrected chi connectivity index (χ1v) is 6.55. The maximum atomic E-state index is 10.2. The summed E-state index contributed by atoms with van der Waals surface area (Å²) in [5.41, 5.74) is 1.84. The lowest BCUT2D eigenvalue weighted by atomic mass is 9.87. The molecule has 0 aliphatic heterocycles. The largest absolute Gasteiger partial charge is 0.506 e. The average molecular weight is 255 g/mol. The number of aliphatic hydroxyl groups is 1. The van der Waals surface area contributed by atoms with E-state index in [9.17, 15) is 10.2 Å². The van der Waals surface area contributed by atoms with E-state index < -0.39 is 5.60 Å². The van der Waals surface area contributed by atoms with Crippen molar-refractivity contribution < 1.29 is 10.2 Å². The summed E-state index contributed by atoms with van der Waals surface area (Å²) in [6.07, 6.45) is 5.35. The summed E-state index contributed by atoms with van der Waals surface area (Å²) in [6.45, 7) is 3.40. The Kier molecular flexibility index (Phi) is 3.37. The van der Waals surface area contributed by atoms with Gasteiger partial charge in [-0.2, -0.15) is 0 Å². The third-order valence-corrected chi connectivity index (χ3v) is 3.73. The number of phenols is 1. The van der Waals surface area contributed by atoms with Crippen LogP contribution in [-0.2, 0) is 18.4 Å². The van der Waals surface area contributed by atoms with Crippen LogP contribution >= 0.6 is 11.6 Å². The van der Waals surface area contributed by atoms with E-state index >= 15 is 0 Å². The minimum absolute atomic E-state index is 0.0415. The minimum atomic E-state index is -1.05. The quantitative estimate of drug-likeness (QED) is 0.753.